The third kappa shape index (κ3) is 7.29. The van der Waals surface area contributed by atoms with E-state index in [1.807, 2.05) is 31.1 Å². The molecule has 5 N–H and O–H groups in total. The molecule has 1 aromatic carbocycles. The fraction of sp³-hybridized carbons (Fsp3) is 0.655. The minimum absolute atomic E-state index is 0.0337. The summed E-state index contributed by atoms with van der Waals surface area (Å²) in [4.78, 5) is 58.3. The number of amides is 4. The maximum Gasteiger partial charge on any atom is 0.254 e. The van der Waals surface area contributed by atoms with E-state index in [1.54, 1.807) is 21.9 Å². The molecule has 2 saturated heterocycles. The normalized spacial score (nSPS) is 21.7. The molecule has 10 heteroatoms. The van der Waals surface area contributed by atoms with Crippen LogP contribution < -0.4 is 21.3 Å². The van der Waals surface area contributed by atoms with E-state index in [4.69, 9.17) is 5.73 Å². The molecule has 10 nitrogen and oxygen atoms in total. The summed E-state index contributed by atoms with van der Waals surface area (Å²) in [5.74, 6) is -0.951. The number of carbonyl (C=O) groups excluding carboxylic acids is 4. The third-order valence-electron chi connectivity index (χ3n) is 8.63. The first-order valence-corrected chi connectivity index (χ1v) is 14.5. The van der Waals surface area contributed by atoms with E-state index in [1.165, 1.54) is 6.42 Å². The molecule has 4 amide bonds. The smallest absolute Gasteiger partial charge is 0.254 e. The van der Waals surface area contributed by atoms with Crippen LogP contribution in [0.3, 0.4) is 0 Å². The lowest BCUT2D eigenvalue weighted by molar-refractivity contribution is -0.664. The van der Waals surface area contributed by atoms with Gasteiger partial charge < -0.3 is 31.1 Å². The van der Waals surface area contributed by atoms with Gasteiger partial charge >= 0.3 is 0 Å². The largest absolute Gasteiger partial charge is 0.378 e. The first-order valence-electron chi connectivity index (χ1n) is 14.5. The molecule has 4 rings (SSSR count). The van der Waals surface area contributed by atoms with Gasteiger partial charge in [-0.2, -0.15) is 0 Å². The summed E-state index contributed by atoms with van der Waals surface area (Å²) in [6, 6.07) is 5.70. The second-order valence-electron chi connectivity index (χ2n) is 11.6. The Kier molecular flexibility index (Phi) is 9.83. The van der Waals surface area contributed by atoms with Gasteiger partial charge in [0.25, 0.3) is 5.91 Å². The van der Waals surface area contributed by atoms with E-state index in [-0.39, 0.29) is 30.8 Å². The van der Waals surface area contributed by atoms with E-state index in [0.29, 0.717) is 24.4 Å². The molecule has 0 unspecified atom stereocenters. The highest BCUT2D eigenvalue weighted by Gasteiger charge is 2.41. The molecular formula is C29H45N6O4+. The zero-order chi connectivity index (χ0) is 27.9. The van der Waals surface area contributed by atoms with Crippen molar-refractivity contribution in [3.63, 3.8) is 0 Å². The summed E-state index contributed by atoms with van der Waals surface area (Å²) < 4.78 is 0. The number of anilines is 1. The Labute approximate surface area is 231 Å². The molecule has 0 radical (unpaired) electrons. The molecular weight excluding hydrogens is 496 g/mol. The van der Waals surface area contributed by atoms with Crippen LogP contribution in [0.5, 0.6) is 0 Å². The van der Waals surface area contributed by atoms with E-state index >= 15 is 0 Å². The van der Waals surface area contributed by atoms with E-state index in [2.05, 4.69) is 10.6 Å². The van der Waals surface area contributed by atoms with Gasteiger partial charge in [-0.25, -0.2) is 0 Å². The minimum atomic E-state index is -0.865. The van der Waals surface area contributed by atoms with Crippen molar-refractivity contribution < 1.29 is 24.5 Å². The fourth-order valence-electron chi connectivity index (χ4n) is 6.22. The summed E-state index contributed by atoms with van der Waals surface area (Å²) in [7, 11) is 3.88. The molecule has 1 aliphatic carbocycles. The number of carbonyl (C=O) groups is 4. The lowest BCUT2D eigenvalue weighted by atomic mass is 9.84. The Morgan fingerprint density at radius 1 is 1.00 bits per heavy atom. The summed E-state index contributed by atoms with van der Waals surface area (Å²) in [6.07, 6.45) is 7.57. The minimum Gasteiger partial charge on any atom is -0.378 e. The lowest BCUT2D eigenvalue weighted by Crippen LogP contribution is -2.86. The van der Waals surface area contributed by atoms with E-state index < -0.39 is 23.9 Å². The Balaban J connectivity index is 1.51. The standard InChI is InChI=1S/C29H44N6O4/c1-33(2)23-10-8-21(9-11-23)28(38)34-16-17-35(29(39)22-12-14-31-15-13-22)25(19-34)27(37)32-24(26(30)36)18-20-6-4-3-5-7-20/h8-11,20,22,24-25,31H,3-7,12-19H2,1-2H3,(H2,30,36)(H,32,37)/p+1/t24-,25-/m0/s1. The van der Waals surface area contributed by atoms with Crippen LogP contribution in [0.2, 0.25) is 0 Å². The summed E-state index contributed by atoms with van der Waals surface area (Å²) in [5, 5.41) is 5.09. The number of hydrogen-bond donors (Lipinski definition) is 3. The van der Waals surface area contributed by atoms with Crippen LogP contribution in [0, 0.1) is 11.8 Å². The first kappa shape index (κ1) is 28.9. The molecule has 3 fully saturated rings. The van der Waals surface area contributed by atoms with Gasteiger partial charge in [0.1, 0.15) is 12.1 Å². The van der Waals surface area contributed by atoms with Gasteiger partial charge in [-0.3, -0.25) is 19.2 Å². The summed E-state index contributed by atoms with van der Waals surface area (Å²) in [6.45, 7) is 2.49. The molecule has 2 aliphatic heterocycles. The van der Waals surface area contributed by atoms with Crippen molar-refractivity contribution in [2.24, 2.45) is 17.6 Å². The number of nitrogens with one attached hydrogen (secondary N) is 1. The highest BCUT2D eigenvalue weighted by Crippen LogP contribution is 2.28. The predicted octanol–water partition coefficient (Wildman–Crippen LogP) is 0.320. The van der Waals surface area contributed by atoms with Crippen LogP contribution in [0.4, 0.5) is 5.69 Å². The Bertz CT molecular complexity index is 1020. The van der Waals surface area contributed by atoms with E-state index in [0.717, 1.165) is 57.3 Å². The highest BCUT2D eigenvalue weighted by molar-refractivity contribution is 5.97. The fourth-order valence-corrected chi connectivity index (χ4v) is 6.22. The second kappa shape index (κ2) is 13.3. The number of quaternary nitrogens is 1. The third-order valence-corrected chi connectivity index (χ3v) is 8.63. The zero-order valence-electron chi connectivity index (χ0n) is 23.4. The first-order chi connectivity index (χ1) is 18.7. The molecule has 2 atom stereocenters. The maximum absolute atomic E-state index is 13.7. The molecule has 2 heterocycles. The van der Waals surface area contributed by atoms with Gasteiger partial charge in [-0.15, -0.1) is 0 Å². The number of piperazine rings is 1. The second-order valence-corrected chi connectivity index (χ2v) is 11.6. The molecule has 39 heavy (non-hydrogen) atoms. The summed E-state index contributed by atoms with van der Waals surface area (Å²) >= 11 is 0. The number of piperidine rings is 1. The Hall–Kier alpha value is -3.14. The number of nitrogens with two attached hydrogens (primary N) is 2. The molecule has 0 aromatic heterocycles. The van der Waals surface area contributed by atoms with Gasteiger partial charge in [0, 0.05) is 57.2 Å². The predicted molar refractivity (Wildman–Crippen MR) is 149 cm³/mol. The highest BCUT2D eigenvalue weighted by atomic mass is 16.2. The van der Waals surface area contributed by atoms with Gasteiger partial charge in [-0.05, 0) is 36.6 Å². The number of primary amides is 1. The van der Waals surface area contributed by atoms with Crippen molar-refractivity contribution in [2.75, 3.05) is 51.7 Å². The average Bonchev–Trinajstić information content (AvgIpc) is 2.96. The van der Waals surface area contributed by atoms with Crippen LogP contribution in [-0.2, 0) is 14.4 Å². The zero-order valence-corrected chi connectivity index (χ0v) is 23.4. The lowest BCUT2D eigenvalue weighted by Gasteiger charge is -2.42. The number of benzene rings is 1. The van der Waals surface area contributed by atoms with Crippen LogP contribution in [0.1, 0.15) is 61.7 Å². The van der Waals surface area contributed by atoms with E-state index in [9.17, 15) is 19.2 Å². The monoisotopic (exact) mass is 541 g/mol. The van der Waals surface area contributed by atoms with Crippen molar-refractivity contribution >= 4 is 29.3 Å². The van der Waals surface area contributed by atoms with Gasteiger partial charge in [0.15, 0.2) is 0 Å². The molecule has 1 saturated carbocycles. The Morgan fingerprint density at radius 3 is 2.28 bits per heavy atom. The molecule has 214 valence electrons. The topological polar surface area (TPSA) is 133 Å². The number of rotatable bonds is 8. The van der Waals surface area contributed by atoms with Gasteiger partial charge in [-0.1, -0.05) is 32.1 Å². The van der Waals surface area contributed by atoms with Crippen molar-refractivity contribution in [1.82, 2.24) is 15.1 Å². The Morgan fingerprint density at radius 2 is 1.67 bits per heavy atom. The quantitative estimate of drug-likeness (QED) is 0.436. The molecule has 0 bridgehead atoms. The number of nitrogens with zero attached hydrogens (tertiary/aromatic N) is 3. The van der Waals surface area contributed by atoms with Crippen molar-refractivity contribution in [3.05, 3.63) is 29.8 Å². The van der Waals surface area contributed by atoms with Crippen LogP contribution in [-0.4, -0.2) is 92.3 Å². The van der Waals surface area contributed by atoms with Gasteiger partial charge in [0.2, 0.25) is 17.7 Å². The molecule has 0 spiro atoms. The van der Waals surface area contributed by atoms with Crippen LogP contribution in [0.25, 0.3) is 0 Å². The average molecular weight is 542 g/mol. The summed E-state index contributed by atoms with van der Waals surface area (Å²) in [5.41, 5.74) is 7.24. The van der Waals surface area contributed by atoms with Crippen molar-refractivity contribution in [3.8, 4) is 0 Å². The van der Waals surface area contributed by atoms with Crippen LogP contribution >= 0.6 is 0 Å². The maximum atomic E-state index is 13.7. The SMILES string of the molecule is CN(C)c1ccc(C(=O)N2CCN(C(=O)C3CC[NH2+]CC3)[C@H](C(=O)N[C@@H](CC3CCCCC3)C(N)=O)C2)cc1. The molecule has 3 aliphatic rings. The van der Waals surface area contributed by atoms with Gasteiger partial charge in [0.05, 0.1) is 19.6 Å². The van der Waals surface area contributed by atoms with Crippen LogP contribution in [0.15, 0.2) is 24.3 Å². The van der Waals surface area contributed by atoms with Crippen molar-refractivity contribution in [1.29, 1.82) is 0 Å². The number of hydrogen-bond acceptors (Lipinski definition) is 5. The van der Waals surface area contributed by atoms with Crippen molar-refractivity contribution in [2.45, 2.75) is 63.5 Å². The molecule has 1 aromatic rings.